The smallest absolute Gasteiger partial charge is 0.273 e. The van der Waals surface area contributed by atoms with E-state index in [2.05, 4.69) is 10.3 Å². The van der Waals surface area contributed by atoms with Gasteiger partial charge in [0.05, 0.1) is 10.0 Å². The van der Waals surface area contributed by atoms with Crippen molar-refractivity contribution in [1.29, 1.82) is 0 Å². The Morgan fingerprint density at radius 2 is 1.88 bits per heavy atom. The molecule has 0 aliphatic heterocycles. The van der Waals surface area contributed by atoms with Gasteiger partial charge in [-0.2, -0.15) is 0 Å². The van der Waals surface area contributed by atoms with Crippen LogP contribution in [-0.2, 0) is 6.42 Å². The third-order valence-electron chi connectivity index (χ3n) is 3.52. The van der Waals surface area contributed by atoms with Crippen molar-refractivity contribution in [2.75, 3.05) is 6.54 Å². The first-order valence-electron chi connectivity index (χ1n) is 7.46. The number of carbonyl (C=O) groups excluding carboxylic acids is 1. The Balaban J connectivity index is 1.60. The summed E-state index contributed by atoms with van der Waals surface area (Å²) in [5.74, 6) is -0.357. The molecule has 2 aromatic carbocycles. The molecule has 0 unspecified atom stereocenters. The third kappa shape index (κ3) is 4.38. The van der Waals surface area contributed by atoms with E-state index in [4.69, 9.17) is 27.6 Å². The van der Waals surface area contributed by atoms with E-state index < -0.39 is 0 Å². The van der Waals surface area contributed by atoms with Gasteiger partial charge in [0.25, 0.3) is 5.91 Å². The van der Waals surface area contributed by atoms with Crippen LogP contribution >= 0.6 is 23.2 Å². The molecule has 0 saturated heterocycles. The summed E-state index contributed by atoms with van der Waals surface area (Å²) in [4.78, 5) is 16.3. The van der Waals surface area contributed by atoms with Gasteiger partial charge in [-0.05, 0) is 42.3 Å². The number of hydrogen-bond acceptors (Lipinski definition) is 3. The minimum absolute atomic E-state index is 0.167. The molecule has 3 aromatic rings. The van der Waals surface area contributed by atoms with Crippen LogP contribution in [0.15, 0.2) is 53.1 Å². The Kier molecular flexibility index (Phi) is 5.36. The normalized spacial score (nSPS) is 10.7. The van der Waals surface area contributed by atoms with Crippen LogP contribution < -0.4 is 5.32 Å². The van der Waals surface area contributed by atoms with Crippen LogP contribution in [0.3, 0.4) is 0 Å². The van der Waals surface area contributed by atoms with Gasteiger partial charge >= 0.3 is 0 Å². The number of nitrogens with zero attached hydrogens (tertiary/aromatic N) is 1. The molecule has 3 rings (SSSR count). The minimum atomic E-state index is -0.350. The second-order valence-corrected chi connectivity index (χ2v) is 6.11. The molecule has 4 nitrogen and oxygen atoms in total. The fourth-order valence-corrected chi connectivity index (χ4v) is 2.50. The molecule has 0 fully saturated rings. The second kappa shape index (κ2) is 7.68. The molecule has 1 aromatic heterocycles. The number of hydrogen-bond donors (Lipinski definition) is 1. The molecule has 0 aliphatic rings. The van der Waals surface area contributed by atoms with Crippen LogP contribution in [0.5, 0.6) is 0 Å². The molecule has 128 valence electrons. The van der Waals surface area contributed by atoms with E-state index in [1.54, 1.807) is 30.3 Å². The summed E-state index contributed by atoms with van der Waals surface area (Å²) in [6.07, 6.45) is 1.87. The summed E-state index contributed by atoms with van der Waals surface area (Å²) in [7, 11) is 0. The van der Waals surface area contributed by atoms with E-state index in [9.17, 15) is 9.18 Å². The summed E-state index contributed by atoms with van der Waals surface area (Å²) in [5.41, 5.74) is 1.72. The molecule has 0 radical (unpaired) electrons. The highest BCUT2D eigenvalue weighted by Crippen LogP contribution is 2.28. The summed E-state index contributed by atoms with van der Waals surface area (Å²) >= 11 is 11.8. The van der Waals surface area contributed by atoms with Crippen LogP contribution in [-0.4, -0.2) is 17.4 Å². The third-order valence-corrected chi connectivity index (χ3v) is 4.25. The zero-order valence-corrected chi connectivity index (χ0v) is 14.4. The first-order valence-corrected chi connectivity index (χ1v) is 8.22. The number of halogens is 3. The van der Waals surface area contributed by atoms with Crippen molar-refractivity contribution in [2.45, 2.75) is 6.42 Å². The van der Waals surface area contributed by atoms with Crippen molar-refractivity contribution in [1.82, 2.24) is 10.3 Å². The molecule has 0 spiro atoms. The zero-order valence-electron chi connectivity index (χ0n) is 12.9. The van der Waals surface area contributed by atoms with Crippen LogP contribution in [0.1, 0.15) is 16.1 Å². The number of oxazole rings is 1. The summed E-state index contributed by atoms with van der Waals surface area (Å²) < 4.78 is 18.2. The molecule has 1 amide bonds. The predicted molar refractivity (Wildman–Crippen MR) is 94.4 cm³/mol. The molecule has 7 heteroatoms. The lowest BCUT2D eigenvalue weighted by Gasteiger charge is -2.03. The molecule has 1 N–H and O–H groups in total. The number of rotatable bonds is 5. The van der Waals surface area contributed by atoms with Gasteiger partial charge < -0.3 is 9.73 Å². The van der Waals surface area contributed by atoms with E-state index in [-0.39, 0.29) is 23.3 Å². The summed E-state index contributed by atoms with van der Waals surface area (Å²) in [6, 6.07) is 11.1. The number of amides is 1. The van der Waals surface area contributed by atoms with Gasteiger partial charge in [-0.15, -0.1) is 0 Å². The lowest BCUT2D eigenvalue weighted by molar-refractivity contribution is 0.0949. The first-order chi connectivity index (χ1) is 12.0. The second-order valence-electron chi connectivity index (χ2n) is 5.30. The van der Waals surface area contributed by atoms with Crippen molar-refractivity contribution in [3.63, 3.8) is 0 Å². The largest absolute Gasteiger partial charge is 0.444 e. The van der Waals surface area contributed by atoms with Gasteiger partial charge in [-0.25, -0.2) is 9.37 Å². The highest BCUT2D eigenvalue weighted by atomic mass is 35.5. The van der Waals surface area contributed by atoms with Crippen molar-refractivity contribution < 1.29 is 13.6 Å². The highest BCUT2D eigenvalue weighted by molar-refractivity contribution is 6.42. The fourth-order valence-electron chi connectivity index (χ4n) is 2.20. The lowest BCUT2D eigenvalue weighted by atomic mass is 10.1. The van der Waals surface area contributed by atoms with E-state index >= 15 is 0 Å². The van der Waals surface area contributed by atoms with E-state index in [0.717, 1.165) is 5.56 Å². The van der Waals surface area contributed by atoms with Crippen molar-refractivity contribution in [2.24, 2.45) is 0 Å². The van der Waals surface area contributed by atoms with Crippen LogP contribution in [0.4, 0.5) is 4.39 Å². The molecular weight excluding hydrogens is 366 g/mol. The molecule has 0 bridgehead atoms. The summed E-state index contributed by atoms with van der Waals surface area (Å²) in [5, 5.41) is 3.55. The minimum Gasteiger partial charge on any atom is -0.444 e. The zero-order chi connectivity index (χ0) is 17.8. The average molecular weight is 379 g/mol. The van der Waals surface area contributed by atoms with Crippen LogP contribution in [0, 0.1) is 5.82 Å². The van der Waals surface area contributed by atoms with Crippen LogP contribution in [0.2, 0.25) is 10.0 Å². The van der Waals surface area contributed by atoms with Gasteiger partial charge in [0.15, 0.2) is 5.69 Å². The quantitative estimate of drug-likeness (QED) is 0.696. The topological polar surface area (TPSA) is 55.1 Å². The van der Waals surface area contributed by atoms with E-state index in [1.807, 2.05) is 0 Å². The maximum Gasteiger partial charge on any atom is 0.273 e. The molecule has 0 aliphatic carbocycles. The maximum absolute atomic E-state index is 12.8. The predicted octanol–water partition coefficient (Wildman–Crippen LogP) is 4.76. The Morgan fingerprint density at radius 1 is 1.12 bits per heavy atom. The van der Waals surface area contributed by atoms with Crippen molar-refractivity contribution in [3.05, 3.63) is 75.8 Å². The van der Waals surface area contributed by atoms with Crippen molar-refractivity contribution >= 4 is 29.1 Å². The SMILES string of the molecule is O=C(NCCc1ccc(F)cc1)c1coc(-c2ccc(Cl)c(Cl)c2)n1. The Bertz CT molecular complexity index is 894. The van der Waals surface area contributed by atoms with Gasteiger partial charge in [0.2, 0.25) is 5.89 Å². The van der Waals surface area contributed by atoms with Gasteiger partial charge in [-0.1, -0.05) is 35.3 Å². The number of aromatic nitrogens is 1. The Labute approximate surface area is 153 Å². The standard InChI is InChI=1S/C18H13Cl2FN2O2/c19-14-6-3-12(9-15(14)20)18-23-16(10-25-18)17(24)22-8-7-11-1-4-13(21)5-2-11/h1-6,9-10H,7-8H2,(H,22,24). The Hall–Kier alpha value is -2.37. The maximum atomic E-state index is 12.8. The van der Waals surface area contributed by atoms with Gasteiger partial charge in [0, 0.05) is 12.1 Å². The van der Waals surface area contributed by atoms with Gasteiger partial charge in [0.1, 0.15) is 12.1 Å². The molecular formula is C18H13Cl2FN2O2. The molecule has 0 atom stereocenters. The number of nitrogens with one attached hydrogen (secondary N) is 1. The highest BCUT2D eigenvalue weighted by Gasteiger charge is 2.14. The Morgan fingerprint density at radius 3 is 2.60 bits per heavy atom. The fraction of sp³-hybridized carbons (Fsp3) is 0.111. The summed E-state index contributed by atoms with van der Waals surface area (Å²) in [6.45, 7) is 0.402. The van der Waals surface area contributed by atoms with Crippen molar-refractivity contribution in [3.8, 4) is 11.5 Å². The number of carbonyl (C=O) groups is 1. The molecule has 25 heavy (non-hydrogen) atoms. The monoisotopic (exact) mass is 378 g/mol. The van der Waals surface area contributed by atoms with E-state index in [1.165, 1.54) is 18.4 Å². The van der Waals surface area contributed by atoms with E-state index in [0.29, 0.717) is 28.6 Å². The average Bonchev–Trinajstić information content (AvgIpc) is 3.09. The van der Waals surface area contributed by atoms with Gasteiger partial charge in [-0.3, -0.25) is 4.79 Å². The molecule has 1 heterocycles. The lowest BCUT2D eigenvalue weighted by Crippen LogP contribution is -2.25. The molecule has 0 saturated carbocycles. The van der Waals surface area contributed by atoms with Crippen LogP contribution in [0.25, 0.3) is 11.5 Å². The first kappa shape index (κ1) is 17.5. The number of benzene rings is 2.